The number of carbonyl (C=O) groups is 2. The van der Waals surface area contributed by atoms with Crippen LogP contribution in [0.4, 0.5) is 0 Å². The summed E-state index contributed by atoms with van der Waals surface area (Å²) in [4.78, 5) is 27.2. The van der Waals surface area contributed by atoms with E-state index < -0.39 is 5.79 Å². The van der Waals surface area contributed by atoms with Crippen molar-refractivity contribution in [2.45, 2.75) is 65.6 Å². The zero-order valence-electron chi connectivity index (χ0n) is 16.1. The molecule has 1 aliphatic carbocycles. The predicted molar refractivity (Wildman–Crippen MR) is 94.6 cm³/mol. The van der Waals surface area contributed by atoms with Crippen LogP contribution < -0.4 is 0 Å². The summed E-state index contributed by atoms with van der Waals surface area (Å²) in [7, 11) is 0. The van der Waals surface area contributed by atoms with E-state index in [-0.39, 0.29) is 41.4 Å². The van der Waals surface area contributed by atoms with Gasteiger partial charge < -0.3 is 9.47 Å². The molecule has 5 heteroatoms. The standard InChI is InChI=1S/C20H33NO4/c1-13(2)16-17(14(3)4)19(23)21(18(16)22)10-15-11-24-20(25-12-15)8-6-5-7-9-20/h13-17H,5-12H2,1-4H3. The Balaban J connectivity index is 1.63. The number of hydrogen-bond donors (Lipinski definition) is 0. The summed E-state index contributed by atoms with van der Waals surface area (Å²) in [5.74, 6) is -0.344. The number of rotatable bonds is 4. The van der Waals surface area contributed by atoms with E-state index in [9.17, 15) is 9.59 Å². The average molecular weight is 351 g/mol. The van der Waals surface area contributed by atoms with Crippen molar-refractivity contribution in [2.75, 3.05) is 19.8 Å². The normalized spacial score (nSPS) is 30.9. The third-order valence-corrected chi connectivity index (χ3v) is 6.15. The molecule has 0 aromatic heterocycles. The summed E-state index contributed by atoms with van der Waals surface area (Å²) in [5, 5.41) is 0. The number of nitrogens with zero attached hydrogens (tertiary/aromatic N) is 1. The summed E-state index contributed by atoms with van der Waals surface area (Å²) in [6.07, 6.45) is 5.49. The maximum Gasteiger partial charge on any atom is 0.233 e. The van der Waals surface area contributed by atoms with Crippen LogP contribution in [0.2, 0.25) is 0 Å². The van der Waals surface area contributed by atoms with E-state index in [0.717, 1.165) is 25.7 Å². The molecule has 5 nitrogen and oxygen atoms in total. The highest BCUT2D eigenvalue weighted by Crippen LogP contribution is 2.39. The first-order valence-corrected chi connectivity index (χ1v) is 9.98. The van der Waals surface area contributed by atoms with Crippen molar-refractivity contribution in [3.05, 3.63) is 0 Å². The molecule has 0 N–H and O–H groups in total. The first-order chi connectivity index (χ1) is 11.8. The van der Waals surface area contributed by atoms with E-state index in [4.69, 9.17) is 9.47 Å². The lowest BCUT2D eigenvalue weighted by molar-refractivity contribution is -0.295. The van der Waals surface area contributed by atoms with Gasteiger partial charge in [-0.05, 0) is 24.7 Å². The first kappa shape index (κ1) is 18.8. The van der Waals surface area contributed by atoms with Crippen LogP contribution in [0.15, 0.2) is 0 Å². The van der Waals surface area contributed by atoms with E-state index in [0.29, 0.717) is 19.8 Å². The van der Waals surface area contributed by atoms with Crippen molar-refractivity contribution < 1.29 is 19.1 Å². The summed E-state index contributed by atoms with van der Waals surface area (Å²) in [5.41, 5.74) is 0. The van der Waals surface area contributed by atoms with Gasteiger partial charge in [-0.3, -0.25) is 14.5 Å². The molecule has 2 atom stereocenters. The molecule has 2 amide bonds. The molecule has 3 rings (SSSR count). The zero-order valence-corrected chi connectivity index (χ0v) is 16.1. The lowest BCUT2D eigenvalue weighted by atomic mass is 9.79. The maximum atomic E-state index is 12.9. The van der Waals surface area contributed by atoms with Gasteiger partial charge in [-0.1, -0.05) is 34.1 Å². The third kappa shape index (κ3) is 3.63. The smallest absolute Gasteiger partial charge is 0.233 e. The van der Waals surface area contributed by atoms with Gasteiger partial charge in [-0.2, -0.15) is 0 Å². The second-order valence-corrected chi connectivity index (χ2v) is 8.79. The molecule has 1 saturated carbocycles. The molecule has 142 valence electrons. The molecule has 2 saturated heterocycles. The lowest BCUT2D eigenvalue weighted by Gasteiger charge is -2.43. The maximum absolute atomic E-state index is 12.9. The Bertz CT molecular complexity index is 474. The number of amides is 2. The summed E-state index contributed by atoms with van der Waals surface area (Å²) < 4.78 is 12.2. The van der Waals surface area contributed by atoms with E-state index in [1.54, 1.807) is 0 Å². The average Bonchev–Trinajstić information content (AvgIpc) is 2.82. The van der Waals surface area contributed by atoms with Gasteiger partial charge in [0.25, 0.3) is 0 Å². The minimum atomic E-state index is -0.394. The monoisotopic (exact) mass is 351 g/mol. The van der Waals surface area contributed by atoms with E-state index in [1.165, 1.54) is 11.3 Å². The fourth-order valence-corrected chi connectivity index (χ4v) is 4.73. The van der Waals surface area contributed by atoms with Crippen LogP contribution in [-0.4, -0.2) is 42.3 Å². The van der Waals surface area contributed by atoms with Gasteiger partial charge in [0.15, 0.2) is 5.79 Å². The van der Waals surface area contributed by atoms with Crippen LogP contribution in [0.1, 0.15) is 59.8 Å². The molecule has 3 aliphatic rings. The van der Waals surface area contributed by atoms with E-state index in [1.807, 2.05) is 27.7 Å². The second-order valence-electron chi connectivity index (χ2n) is 8.79. The molecule has 0 bridgehead atoms. The molecule has 1 spiro atoms. The largest absolute Gasteiger partial charge is 0.349 e. The van der Waals surface area contributed by atoms with Gasteiger partial charge in [0.05, 0.1) is 25.0 Å². The number of imide groups is 1. The minimum Gasteiger partial charge on any atom is -0.349 e. The highest BCUT2D eigenvalue weighted by Gasteiger charge is 2.50. The third-order valence-electron chi connectivity index (χ3n) is 6.15. The summed E-state index contributed by atoms with van der Waals surface area (Å²) in [6.45, 7) is 9.73. The van der Waals surface area contributed by atoms with Gasteiger partial charge in [0.1, 0.15) is 0 Å². The quantitative estimate of drug-likeness (QED) is 0.730. The number of ether oxygens (including phenoxy) is 2. The van der Waals surface area contributed by atoms with Crippen molar-refractivity contribution in [3.63, 3.8) is 0 Å². The van der Waals surface area contributed by atoms with Gasteiger partial charge in [0, 0.05) is 25.3 Å². The molecular formula is C20H33NO4. The fourth-order valence-electron chi connectivity index (χ4n) is 4.73. The Morgan fingerprint density at radius 2 is 1.40 bits per heavy atom. The molecule has 0 aromatic rings. The van der Waals surface area contributed by atoms with Crippen molar-refractivity contribution in [3.8, 4) is 0 Å². The fraction of sp³-hybridized carbons (Fsp3) is 0.900. The molecular weight excluding hydrogens is 318 g/mol. The Hall–Kier alpha value is -0.940. The summed E-state index contributed by atoms with van der Waals surface area (Å²) >= 11 is 0. The van der Waals surface area contributed by atoms with Crippen LogP contribution in [0.25, 0.3) is 0 Å². The number of hydrogen-bond acceptors (Lipinski definition) is 4. The first-order valence-electron chi connectivity index (χ1n) is 9.98. The van der Waals surface area contributed by atoms with Crippen LogP contribution >= 0.6 is 0 Å². The van der Waals surface area contributed by atoms with Crippen molar-refractivity contribution in [1.29, 1.82) is 0 Å². The highest BCUT2D eigenvalue weighted by molar-refractivity contribution is 6.05. The Labute approximate surface area is 151 Å². The lowest BCUT2D eigenvalue weighted by Crippen LogP contribution is -2.49. The molecule has 2 aliphatic heterocycles. The predicted octanol–water partition coefficient (Wildman–Crippen LogP) is 3.22. The molecule has 0 aromatic carbocycles. The van der Waals surface area contributed by atoms with Crippen molar-refractivity contribution in [2.24, 2.45) is 29.6 Å². The van der Waals surface area contributed by atoms with Crippen molar-refractivity contribution >= 4 is 11.8 Å². The second kappa shape index (κ2) is 7.36. The Morgan fingerprint density at radius 3 is 1.84 bits per heavy atom. The SMILES string of the molecule is CC(C)C1C(=O)N(CC2COC3(CCCCC3)OC2)C(=O)C1C(C)C. The van der Waals surface area contributed by atoms with Crippen molar-refractivity contribution in [1.82, 2.24) is 4.90 Å². The summed E-state index contributed by atoms with van der Waals surface area (Å²) in [6, 6.07) is 0. The van der Waals surface area contributed by atoms with Gasteiger partial charge in [0.2, 0.25) is 11.8 Å². The van der Waals surface area contributed by atoms with Gasteiger partial charge in [-0.15, -0.1) is 0 Å². The van der Waals surface area contributed by atoms with Crippen LogP contribution in [0.3, 0.4) is 0 Å². The topological polar surface area (TPSA) is 55.8 Å². The minimum absolute atomic E-state index is 0.00310. The highest BCUT2D eigenvalue weighted by atomic mass is 16.7. The van der Waals surface area contributed by atoms with Gasteiger partial charge in [-0.25, -0.2) is 0 Å². The molecule has 2 unspecified atom stereocenters. The van der Waals surface area contributed by atoms with E-state index in [2.05, 4.69) is 0 Å². The molecule has 25 heavy (non-hydrogen) atoms. The molecule has 2 heterocycles. The number of carbonyl (C=O) groups excluding carboxylic acids is 2. The van der Waals surface area contributed by atoms with Gasteiger partial charge >= 0.3 is 0 Å². The molecule has 0 radical (unpaired) electrons. The Morgan fingerprint density at radius 1 is 0.920 bits per heavy atom. The number of likely N-dealkylation sites (tertiary alicyclic amines) is 1. The zero-order chi connectivity index (χ0) is 18.2. The van der Waals surface area contributed by atoms with Crippen LogP contribution in [-0.2, 0) is 19.1 Å². The van der Waals surface area contributed by atoms with E-state index >= 15 is 0 Å². The van der Waals surface area contributed by atoms with Crippen LogP contribution in [0.5, 0.6) is 0 Å². The Kier molecular flexibility index (Phi) is 5.54. The molecule has 3 fully saturated rings. The van der Waals surface area contributed by atoms with Crippen LogP contribution in [0, 0.1) is 29.6 Å².